The Kier molecular flexibility index (Phi) is 1.95. The van der Waals surface area contributed by atoms with E-state index in [0.717, 1.165) is 4.90 Å². The first-order valence-corrected chi connectivity index (χ1v) is 4.68. The number of likely N-dealkylation sites (tertiary alicyclic amines) is 1. The number of amides is 1. The van der Waals surface area contributed by atoms with Gasteiger partial charge in [0.1, 0.15) is 11.8 Å². The van der Waals surface area contributed by atoms with Crippen LogP contribution in [0.3, 0.4) is 0 Å². The highest BCUT2D eigenvalue weighted by molar-refractivity contribution is 5.88. The smallest absolute Gasteiger partial charge is 0.408 e. The van der Waals surface area contributed by atoms with Crippen LogP contribution in [0.25, 0.3) is 0 Å². The second-order valence-corrected chi connectivity index (χ2v) is 4.36. The van der Waals surface area contributed by atoms with Crippen molar-refractivity contribution < 1.29 is 24.6 Å². The van der Waals surface area contributed by atoms with Crippen molar-refractivity contribution in [3.8, 4) is 0 Å². The monoisotopic (exact) mass is 213 g/mol. The summed E-state index contributed by atoms with van der Waals surface area (Å²) in [7, 11) is 0. The molecule has 1 saturated carbocycles. The Balaban J connectivity index is 2.16. The molecule has 0 aromatic rings. The molecule has 82 valence electrons. The van der Waals surface area contributed by atoms with Gasteiger partial charge in [0.2, 0.25) is 0 Å². The highest BCUT2D eigenvalue weighted by Crippen LogP contribution is 2.48. The van der Waals surface area contributed by atoms with Crippen molar-refractivity contribution >= 4 is 17.8 Å². The van der Waals surface area contributed by atoms with E-state index in [9.17, 15) is 14.4 Å². The Morgan fingerprint density at radius 1 is 1.33 bits per heavy atom. The van der Waals surface area contributed by atoms with Crippen molar-refractivity contribution in [2.45, 2.75) is 25.3 Å². The van der Waals surface area contributed by atoms with Gasteiger partial charge in [-0.05, 0) is 6.42 Å². The van der Waals surface area contributed by atoms with E-state index in [4.69, 9.17) is 10.2 Å². The Hall–Kier alpha value is -1.59. The van der Waals surface area contributed by atoms with Crippen LogP contribution in [-0.2, 0) is 9.59 Å². The highest BCUT2D eigenvalue weighted by Gasteiger charge is 2.55. The number of carboxylic acids is 1. The molecule has 1 amide bonds. The number of carbonyl (C=O) groups is 3. The van der Waals surface area contributed by atoms with Crippen LogP contribution >= 0.6 is 0 Å². The second kappa shape index (κ2) is 2.95. The van der Waals surface area contributed by atoms with Gasteiger partial charge >= 0.3 is 12.1 Å². The Morgan fingerprint density at radius 3 is 2.27 bits per heavy atom. The number of carboxylic acid groups (broad SMARTS) is 2. The molecule has 1 atom stereocenters. The lowest BCUT2D eigenvalue weighted by atomic mass is 9.66. The van der Waals surface area contributed by atoms with Gasteiger partial charge in [-0.2, -0.15) is 0 Å². The largest absolute Gasteiger partial charge is 0.480 e. The zero-order chi connectivity index (χ0) is 11.2. The summed E-state index contributed by atoms with van der Waals surface area (Å²) in [6.07, 6.45) is -0.319. The molecule has 0 aromatic carbocycles. The lowest BCUT2D eigenvalue weighted by Gasteiger charge is -2.35. The first kappa shape index (κ1) is 9.95. The summed E-state index contributed by atoms with van der Waals surface area (Å²) < 4.78 is 0. The first-order valence-electron chi connectivity index (χ1n) is 4.68. The third kappa shape index (κ3) is 1.45. The van der Waals surface area contributed by atoms with Gasteiger partial charge in [-0.3, -0.25) is 9.69 Å². The van der Waals surface area contributed by atoms with Crippen molar-refractivity contribution in [1.82, 2.24) is 4.90 Å². The molecule has 1 spiro atoms. The van der Waals surface area contributed by atoms with Gasteiger partial charge in [0.25, 0.3) is 0 Å². The predicted octanol–water partition coefficient (Wildman–Crippen LogP) is 0.173. The molecule has 1 heterocycles. The molecule has 1 unspecified atom stereocenters. The SMILES string of the molecule is O=C1CC2(C1)CC(C(=O)O)N(C(=O)O)C2. The Bertz CT molecular complexity index is 318. The minimum Gasteiger partial charge on any atom is -0.480 e. The summed E-state index contributed by atoms with van der Waals surface area (Å²) in [6, 6.07) is -0.990. The van der Waals surface area contributed by atoms with Gasteiger partial charge in [0, 0.05) is 24.8 Å². The number of rotatable bonds is 1. The molecule has 2 N–H and O–H groups in total. The molecular formula is C9H11NO5. The average molecular weight is 213 g/mol. The summed E-state index contributed by atoms with van der Waals surface area (Å²) in [4.78, 5) is 33.5. The lowest BCUT2D eigenvalue weighted by molar-refractivity contribution is -0.142. The maximum atomic E-state index is 10.9. The zero-order valence-corrected chi connectivity index (χ0v) is 7.97. The van der Waals surface area contributed by atoms with E-state index in [1.54, 1.807) is 0 Å². The standard InChI is InChI=1S/C9H11NO5/c11-5-1-9(2-5)3-6(7(12)13)10(4-9)8(14)15/h6H,1-4H2,(H,12,13)(H,14,15). The summed E-state index contributed by atoms with van der Waals surface area (Å²) in [5.74, 6) is -1.04. The third-order valence-electron chi connectivity index (χ3n) is 3.18. The van der Waals surface area contributed by atoms with Crippen LogP contribution in [0.2, 0.25) is 0 Å². The summed E-state index contributed by atoms with van der Waals surface area (Å²) in [5.41, 5.74) is -0.390. The fourth-order valence-electron chi connectivity index (χ4n) is 2.52. The summed E-state index contributed by atoms with van der Waals surface area (Å²) >= 11 is 0. The van der Waals surface area contributed by atoms with Crippen molar-refractivity contribution in [2.24, 2.45) is 5.41 Å². The normalized spacial score (nSPS) is 27.9. The number of Topliss-reactive ketones (excluding diaryl/α,β-unsaturated/α-hetero) is 1. The van der Waals surface area contributed by atoms with E-state index in [0.29, 0.717) is 12.8 Å². The molecule has 15 heavy (non-hydrogen) atoms. The number of ketones is 1. The number of hydrogen-bond acceptors (Lipinski definition) is 3. The van der Waals surface area contributed by atoms with E-state index in [1.165, 1.54) is 0 Å². The van der Waals surface area contributed by atoms with E-state index >= 15 is 0 Å². The molecule has 0 radical (unpaired) electrons. The minimum atomic E-state index is -1.22. The molecule has 6 nitrogen and oxygen atoms in total. The molecule has 6 heteroatoms. The molecule has 2 aliphatic rings. The summed E-state index contributed by atoms with van der Waals surface area (Å²) in [5, 5.41) is 17.7. The Labute approximate surface area is 85.5 Å². The van der Waals surface area contributed by atoms with Crippen molar-refractivity contribution in [2.75, 3.05) is 6.54 Å². The second-order valence-electron chi connectivity index (χ2n) is 4.36. The topological polar surface area (TPSA) is 94.9 Å². The van der Waals surface area contributed by atoms with Crippen molar-refractivity contribution in [1.29, 1.82) is 0 Å². The fourth-order valence-corrected chi connectivity index (χ4v) is 2.52. The summed E-state index contributed by atoms with van der Waals surface area (Å²) in [6.45, 7) is 0.172. The van der Waals surface area contributed by atoms with Crippen LogP contribution in [0.1, 0.15) is 19.3 Å². The Morgan fingerprint density at radius 2 is 1.93 bits per heavy atom. The maximum absolute atomic E-state index is 10.9. The molecule has 1 aliphatic carbocycles. The maximum Gasteiger partial charge on any atom is 0.408 e. The molecule has 2 rings (SSSR count). The lowest BCUT2D eigenvalue weighted by Crippen LogP contribution is -2.42. The highest BCUT2D eigenvalue weighted by atomic mass is 16.4. The van der Waals surface area contributed by atoms with Gasteiger partial charge in [-0.15, -0.1) is 0 Å². The number of carbonyl (C=O) groups excluding carboxylic acids is 1. The van der Waals surface area contributed by atoms with E-state index < -0.39 is 23.5 Å². The van der Waals surface area contributed by atoms with Gasteiger partial charge < -0.3 is 10.2 Å². The van der Waals surface area contributed by atoms with E-state index in [-0.39, 0.29) is 18.7 Å². The van der Waals surface area contributed by atoms with Gasteiger partial charge in [0.05, 0.1) is 0 Å². The molecule has 0 aromatic heterocycles. The van der Waals surface area contributed by atoms with Gasteiger partial charge in [0.15, 0.2) is 0 Å². The average Bonchev–Trinajstić information content (AvgIpc) is 2.44. The van der Waals surface area contributed by atoms with Crippen molar-refractivity contribution in [3.05, 3.63) is 0 Å². The quantitative estimate of drug-likeness (QED) is 0.647. The van der Waals surface area contributed by atoms with E-state index in [1.807, 2.05) is 0 Å². The van der Waals surface area contributed by atoms with Crippen LogP contribution in [0.4, 0.5) is 4.79 Å². The van der Waals surface area contributed by atoms with Crippen LogP contribution in [0, 0.1) is 5.41 Å². The molecular weight excluding hydrogens is 202 g/mol. The van der Waals surface area contributed by atoms with Crippen LogP contribution in [-0.4, -0.2) is 45.5 Å². The van der Waals surface area contributed by atoms with Gasteiger partial charge in [-0.25, -0.2) is 9.59 Å². The van der Waals surface area contributed by atoms with E-state index in [2.05, 4.69) is 0 Å². The number of nitrogens with zero attached hydrogens (tertiary/aromatic N) is 1. The first-order chi connectivity index (χ1) is 6.93. The van der Waals surface area contributed by atoms with Crippen LogP contribution in [0.15, 0.2) is 0 Å². The van der Waals surface area contributed by atoms with Crippen LogP contribution < -0.4 is 0 Å². The number of hydrogen-bond donors (Lipinski definition) is 2. The fraction of sp³-hybridized carbons (Fsp3) is 0.667. The molecule has 0 bridgehead atoms. The number of aliphatic carboxylic acids is 1. The van der Waals surface area contributed by atoms with Crippen molar-refractivity contribution in [3.63, 3.8) is 0 Å². The molecule has 2 fully saturated rings. The minimum absolute atomic E-state index is 0.0892. The molecule has 1 aliphatic heterocycles. The molecule has 1 saturated heterocycles. The van der Waals surface area contributed by atoms with Gasteiger partial charge in [-0.1, -0.05) is 0 Å². The third-order valence-corrected chi connectivity index (χ3v) is 3.18. The van der Waals surface area contributed by atoms with Crippen LogP contribution in [0.5, 0.6) is 0 Å². The predicted molar refractivity (Wildman–Crippen MR) is 47.4 cm³/mol. The zero-order valence-electron chi connectivity index (χ0n) is 7.97.